The maximum Gasteiger partial charge on any atom is 0.296 e. The highest BCUT2D eigenvalue weighted by molar-refractivity contribution is 6.05. The number of aromatic nitrogens is 1. The van der Waals surface area contributed by atoms with E-state index < -0.39 is 0 Å². The molecule has 0 radical (unpaired) electrons. The number of carbonyl (C=O) groups is 1. The van der Waals surface area contributed by atoms with E-state index in [2.05, 4.69) is 38.1 Å². The van der Waals surface area contributed by atoms with E-state index in [9.17, 15) is 4.79 Å². The molecule has 128 valence electrons. The molecule has 1 amide bonds. The minimum absolute atomic E-state index is 0.0216. The van der Waals surface area contributed by atoms with Crippen molar-refractivity contribution in [1.82, 2.24) is 5.16 Å². The van der Waals surface area contributed by atoms with E-state index in [1.54, 1.807) is 11.0 Å². The Kier molecular flexibility index (Phi) is 4.22. The van der Waals surface area contributed by atoms with E-state index >= 15 is 0 Å². The summed E-state index contributed by atoms with van der Waals surface area (Å²) in [5, 5.41) is 3.65. The van der Waals surface area contributed by atoms with Crippen molar-refractivity contribution < 1.29 is 9.32 Å². The Hall–Kier alpha value is -2.14. The first-order valence-electron chi connectivity index (χ1n) is 8.50. The molecule has 5 heteroatoms. The van der Waals surface area contributed by atoms with Gasteiger partial charge in [0.05, 0.1) is 6.20 Å². The summed E-state index contributed by atoms with van der Waals surface area (Å²) in [5.41, 5.74) is 10.7. The lowest BCUT2D eigenvalue weighted by atomic mass is 9.75. The Morgan fingerprint density at radius 2 is 2.21 bits per heavy atom. The number of rotatable bonds is 3. The van der Waals surface area contributed by atoms with Crippen LogP contribution in [0.4, 0.5) is 5.69 Å². The summed E-state index contributed by atoms with van der Waals surface area (Å²) in [5.74, 6) is 0.117. The summed E-state index contributed by atoms with van der Waals surface area (Å²) in [7, 11) is 0. The van der Waals surface area contributed by atoms with Gasteiger partial charge in [0.15, 0.2) is 0 Å². The van der Waals surface area contributed by atoms with Gasteiger partial charge in [0, 0.05) is 24.3 Å². The Bertz CT molecular complexity index is 748. The van der Waals surface area contributed by atoms with Crippen LogP contribution in [0, 0.1) is 0 Å². The van der Waals surface area contributed by atoms with Crippen LogP contribution in [-0.2, 0) is 11.8 Å². The number of fused-ring (bicyclic) bond motifs is 1. The molecular formula is C19H25N3O2. The number of benzene rings is 1. The molecule has 5 nitrogen and oxygen atoms in total. The Morgan fingerprint density at radius 1 is 1.46 bits per heavy atom. The number of nitrogens with two attached hydrogens (primary N) is 1. The van der Waals surface area contributed by atoms with Crippen LogP contribution >= 0.6 is 0 Å². The molecule has 0 fully saturated rings. The van der Waals surface area contributed by atoms with Crippen LogP contribution in [0.3, 0.4) is 0 Å². The van der Waals surface area contributed by atoms with Crippen LogP contribution in [0.5, 0.6) is 0 Å². The van der Waals surface area contributed by atoms with E-state index in [4.69, 9.17) is 10.3 Å². The molecular weight excluding hydrogens is 302 g/mol. The van der Waals surface area contributed by atoms with Crippen molar-refractivity contribution in [2.24, 2.45) is 5.73 Å². The SMILES string of the molecule is CCc1cc2c(cc1[C@H](C)N)N(C(=O)c1ccno1)CCC2(C)C. The van der Waals surface area contributed by atoms with Crippen LogP contribution < -0.4 is 10.6 Å². The van der Waals surface area contributed by atoms with Gasteiger partial charge < -0.3 is 15.2 Å². The van der Waals surface area contributed by atoms with Gasteiger partial charge in [-0.2, -0.15) is 0 Å². The van der Waals surface area contributed by atoms with E-state index in [-0.39, 0.29) is 23.1 Å². The lowest BCUT2D eigenvalue weighted by Crippen LogP contribution is -2.41. The molecule has 0 saturated carbocycles. The molecule has 0 bridgehead atoms. The maximum absolute atomic E-state index is 12.8. The lowest BCUT2D eigenvalue weighted by Gasteiger charge is -2.39. The quantitative estimate of drug-likeness (QED) is 0.935. The average molecular weight is 327 g/mol. The fourth-order valence-corrected chi connectivity index (χ4v) is 3.46. The third-order valence-electron chi connectivity index (χ3n) is 5.00. The number of nitrogens with zero attached hydrogens (tertiary/aromatic N) is 2. The summed E-state index contributed by atoms with van der Waals surface area (Å²) in [6, 6.07) is 5.86. The molecule has 1 aliphatic rings. The third kappa shape index (κ3) is 2.73. The van der Waals surface area contributed by atoms with Gasteiger partial charge in [0.2, 0.25) is 5.76 Å². The highest BCUT2D eigenvalue weighted by Gasteiger charge is 2.35. The summed E-state index contributed by atoms with van der Waals surface area (Å²) >= 11 is 0. The van der Waals surface area contributed by atoms with Gasteiger partial charge in [-0.3, -0.25) is 4.79 Å². The van der Waals surface area contributed by atoms with Crippen LogP contribution in [0.25, 0.3) is 0 Å². The molecule has 1 aromatic heterocycles. The zero-order valence-electron chi connectivity index (χ0n) is 14.8. The fourth-order valence-electron chi connectivity index (χ4n) is 3.46. The summed E-state index contributed by atoms with van der Waals surface area (Å²) < 4.78 is 5.07. The van der Waals surface area contributed by atoms with Crippen LogP contribution in [-0.4, -0.2) is 17.6 Å². The second-order valence-electron chi connectivity index (χ2n) is 7.18. The summed E-state index contributed by atoms with van der Waals surface area (Å²) in [6.07, 6.45) is 3.33. The van der Waals surface area contributed by atoms with Crippen LogP contribution in [0.2, 0.25) is 0 Å². The normalized spacial score (nSPS) is 17.5. The van der Waals surface area contributed by atoms with E-state index in [0.717, 1.165) is 24.1 Å². The predicted octanol–water partition coefficient (Wildman–Crippen LogP) is 3.58. The Labute approximate surface area is 142 Å². The fraction of sp³-hybridized carbons (Fsp3) is 0.474. The third-order valence-corrected chi connectivity index (χ3v) is 5.00. The number of amides is 1. The second kappa shape index (κ2) is 6.06. The van der Waals surface area contributed by atoms with Crippen molar-refractivity contribution in [2.45, 2.75) is 52.0 Å². The standard InChI is InChI=1S/C19H25N3O2/c1-5-13-10-15-16(11-14(13)12(2)20)22(9-7-19(15,3)4)18(23)17-6-8-21-24-17/h6,8,10-12H,5,7,9,20H2,1-4H3/t12-/m0/s1. The lowest BCUT2D eigenvalue weighted by molar-refractivity contribution is 0.0946. The molecule has 2 N–H and O–H groups in total. The molecule has 2 aromatic rings. The predicted molar refractivity (Wildman–Crippen MR) is 94.2 cm³/mol. The zero-order chi connectivity index (χ0) is 17.5. The molecule has 1 atom stereocenters. The molecule has 2 heterocycles. The minimum Gasteiger partial charge on any atom is -0.351 e. The van der Waals surface area contributed by atoms with Crippen molar-refractivity contribution in [1.29, 1.82) is 0 Å². The number of hydrogen-bond acceptors (Lipinski definition) is 4. The van der Waals surface area contributed by atoms with Gasteiger partial charge in [0.25, 0.3) is 5.91 Å². The molecule has 0 aliphatic carbocycles. The van der Waals surface area contributed by atoms with Crippen LogP contribution in [0.15, 0.2) is 28.9 Å². The van der Waals surface area contributed by atoms with E-state index in [0.29, 0.717) is 6.54 Å². The monoisotopic (exact) mass is 327 g/mol. The maximum atomic E-state index is 12.8. The van der Waals surface area contributed by atoms with Gasteiger partial charge >= 0.3 is 0 Å². The first kappa shape index (κ1) is 16.7. The molecule has 0 saturated heterocycles. The first-order chi connectivity index (χ1) is 11.3. The topological polar surface area (TPSA) is 72.4 Å². The van der Waals surface area contributed by atoms with Gasteiger partial charge in [-0.05, 0) is 47.9 Å². The molecule has 1 aromatic carbocycles. The van der Waals surface area contributed by atoms with Crippen molar-refractivity contribution in [3.8, 4) is 0 Å². The van der Waals surface area contributed by atoms with E-state index in [1.165, 1.54) is 17.3 Å². The first-order valence-corrected chi connectivity index (χ1v) is 8.50. The van der Waals surface area contributed by atoms with Crippen molar-refractivity contribution in [2.75, 3.05) is 11.4 Å². The summed E-state index contributed by atoms with van der Waals surface area (Å²) in [4.78, 5) is 14.6. The number of hydrogen-bond donors (Lipinski definition) is 1. The van der Waals surface area contributed by atoms with Gasteiger partial charge in [-0.1, -0.05) is 32.0 Å². The molecule has 3 rings (SSSR count). The zero-order valence-corrected chi connectivity index (χ0v) is 14.8. The second-order valence-corrected chi connectivity index (χ2v) is 7.18. The molecule has 0 unspecified atom stereocenters. The smallest absolute Gasteiger partial charge is 0.296 e. The van der Waals surface area contributed by atoms with Gasteiger partial charge in [-0.15, -0.1) is 0 Å². The summed E-state index contributed by atoms with van der Waals surface area (Å²) in [6.45, 7) is 9.24. The van der Waals surface area contributed by atoms with Gasteiger partial charge in [0.1, 0.15) is 0 Å². The highest BCUT2D eigenvalue weighted by atomic mass is 16.5. The van der Waals surface area contributed by atoms with E-state index in [1.807, 2.05) is 6.92 Å². The molecule has 0 spiro atoms. The van der Waals surface area contributed by atoms with Crippen molar-refractivity contribution >= 4 is 11.6 Å². The molecule has 24 heavy (non-hydrogen) atoms. The largest absolute Gasteiger partial charge is 0.351 e. The average Bonchev–Trinajstić information content (AvgIpc) is 3.07. The number of anilines is 1. The van der Waals surface area contributed by atoms with Crippen molar-refractivity contribution in [3.05, 3.63) is 46.8 Å². The number of carbonyl (C=O) groups excluding carboxylic acids is 1. The highest BCUT2D eigenvalue weighted by Crippen LogP contribution is 2.42. The number of aryl methyl sites for hydroxylation is 1. The Balaban J connectivity index is 2.15. The van der Waals surface area contributed by atoms with Gasteiger partial charge in [-0.25, -0.2) is 0 Å². The Morgan fingerprint density at radius 3 is 2.79 bits per heavy atom. The van der Waals surface area contributed by atoms with Crippen molar-refractivity contribution in [3.63, 3.8) is 0 Å². The molecule has 1 aliphatic heterocycles. The van der Waals surface area contributed by atoms with Crippen LogP contribution in [0.1, 0.15) is 67.4 Å². The minimum atomic E-state index is -0.149.